The van der Waals surface area contributed by atoms with E-state index in [1.54, 1.807) is 36.4 Å². The molecule has 0 saturated carbocycles. The van der Waals surface area contributed by atoms with Gasteiger partial charge in [-0.25, -0.2) is 9.78 Å². The Labute approximate surface area is 114 Å². The predicted octanol–water partition coefficient (Wildman–Crippen LogP) is 4.03. The maximum atomic E-state index is 11.7. The van der Waals surface area contributed by atoms with Crippen molar-refractivity contribution in [3.05, 3.63) is 52.6 Å². The minimum Gasteiger partial charge on any atom is -0.306 e. The van der Waals surface area contributed by atoms with Crippen LogP contribution in [0.3, 0.4) is 0 Å². The highest BCUT2D eigenvalue weighted by molar-refractivity contribution is 6.34. The van der Waals surface area contributed by atoms with E-state index in [-0.39, 0.29) is 0 Å². The summed E-state index contributed by atoms with van der Waals surface area (Å²) >= 11 is 11.8. The van der Waals surface area contributed by atoms with Gasteiger partial charge in [-0.1, -0.05) is 35.3 Å². The topological polar surface area (TPSA) is 54.0 Å². The van der Waals surface area contributed by atoms with Crippen LogP contribution < -0.4 is 10.6 Å². The predicted molar refractivity (Wildman–Crippen MR) is 73.3 cm³/mol. The maximum Gasteiger partial charge on any atom is 0.324 e. The van der Waals surface area contributed by atoms with Crippen molar-refractivity contribution in [3.63, 3.8) is 0 Å². The molecule has 1 aromatic heterocycles. The zero-order valence-corrected chi connectivity index (χ0v) is 10.7. The second kappa shape index (κ2) is 5.71. The molecule has 0 bridgehead atoms. The molecule has 1 aromatic carbocycles. The summed E-state index contributed by atoms with van der Waals surface area (Å²) in [4.78, 5) is 15.7. The fourth-order valence-electron chi connectivity index (χ4n) is 1.30. The van der Waals surface area contributed by atoms with Crippen molar-refractivity contribution in [1.29, 1.82) is 0 Å². The average Bonchev–Trinajstić information content (AvgIpc) is 2.35. The summed E-state index contributed by atoms with van der Waals surface area (Å²) in [7, 11) is 0. The average molecular weight is 282 g/mol. The van der Waals surface area contributed by atoms with Gasteiger partial charge in [0.05, 0.1) is 15.7 Å². The van der Waals surface area contributed by atoms with Crippen LogP contribution in [0.4, 0.5) is 16.3 Å². The lowest BCUT2D eigenvalue weighted by molar-refractivity contribution is 0.262. The second-order valence-electron chi connectivity index (χ2n) is 3.39. The van der Waals surface area contributed by atoms with Crippen molar-refractivity contribution in [1.82, 2.24) is 4.98 Å². The van der Waals surface area contributed by atoms with E-state index in [9.17, 15) is 4.79 Å². The second-order valence-corrected chi connectivity index (χ2v) is 4.21. The summed E-state index contributed by atoms with van der Waals surface area (Å²) in [6, 6.07) is 9.80. The van der Waals surface area contributed by atoms with Crippen LogP contribution >= 0.6 is 23.2 Å². The number of aromatic nitrogens is 1. The Hall–Kier alpha value is -1.78. The van der Waals surface area contributed by atoms with Crippen molar-refractivity contribution in [3.8, 4) is 0 Å². The van der Waals surface area contributed by atoms with E-state index in [1.807, 2.05) is 0 Å². The number of rotatable bonds is 2. The number of carbonyl (C=O) groups is 1. The first-order valence-electron chi connectivity index (χ1n) is 5.10. The first kappa shape index (κ1) is 12.7. The molecule has 2 amide bonds. The third kappa shape index (κ3) is 3.12. The molecule has 2 aromatic rings. The minimum atomic E-state index is -0.455. The van der Waals surface area contributed by atoms with E-state index in [1.165, 1.54) is 6.20 Å². The lowest BCUT2D eigenvalue weighted by Gasteiger charge is -2.08. The summed E-state index contributed by atoms with van der Waals surface area (Å²) in [5.74, 6) is 0.295. The van der Waals surface area contributed by atoms with E-state index in [2.05, 4.69) is 15.6 Å². The molecule has 0 fully saturated rings. The first-order chi connectivity index (χ1) is 8.66. The number of anilines is 2. The van der Waals surface area contributed by atoms with E-state index < -0.39 is 6.03 Å². The van der Waals surface area contributed by atoms with E-state index >= 15 is 0 Å². The molecule has 0 aliphatic rings. The summed E-state index contributed by atoms with van der Waals surface area (Å²) in [5.41, 5.74) is 0.517. The van der Waals surface area contributed by atoms with Gasteiger partial charge >= 0.3 is 6.03 Å². The van der Waals surface area contributed by atoms with Crippen molar-refractivity contribution in [2.75, 3.05) is 10.6 Å². The Bertz CT molecular complexity index is 525. The third-order valence-corrected chi connectivity index (χ3v) is 2.75. The number of pyridine rings is 1. The van der Waals surface area contributed by atoms with Gasteiger partial charge in [0, 0.05) is 6.20 Å². The maximum absolute atomic E-state index is 11.7. The fourth-order valence-corrected chi connectivity index (χ4v) is 1.65. The van der Waals surface area contributed by atoms with Gasteiger partial charge in [0.2, 0.25) is 0 Å². The highest BCUT2D eigenvalue weighted by Gasteiger charge is 2.07. The monoisotopic (exact) mass is 281 g/mol. The highest BCUT2D eigenvalue weighted by atomic mass is 35.5. The number of nitrogens with zero attached hydrogens (tertiary/aromatic N) is 1. The molecule has 2 rings (SSSR count). The molecule has 18 heavy (non-hydrogen) atoms. The summed E-state index contributed by atoms with van der Waals surface area (Å²) in [6.45, 7) is 0. The van der Waals surface area contributed by atoms with Gasteiger partial charge in [0.1, 0.15) is 0 Å². The Morgan fingerprint density at radius 3 is 2.44 bits per heavy atom. The Kier molecular flexibility index (Phi) is 4.02. The Morgan fingerprint density at radius 1 is 1.00 bits per heavy atom. The van der Waals surface area contributed by atoms with Gasteiger partial charge in [-0.15, -0.1) is 0 Å². The van der Waals surface area contributed by atoms with Crippen LogP contribution in [0.1, 0.15) is 0 Å². The third-order valence-electron chi connectivity index (χ3n) is 2.11. The zero-order chi connectivity index (χ0) is 13.0. The number of hydrogen-bond acceptors (Lipinski definition) is 2. The molecule has 0 radical (unpaired) electrons. The van der Waals surface area contributed by atoms with Crippen LogP contribution in [-0.2, 0) is 0 Å². The minimum absolute atomic E-state index is 0.295. The largest absolute Gasteiger partial charge is 0.324 e. The molecule has 2 N–H and O–H groups in total. The molecular formula is C12H9Cl2N3O. The number of carbonyl (C=O) groups excluding carboxylic acids is 1. The van der Waals surface area contributed by atoms with E-state index in [4.69, 9.17) is 23.2 Å². The molecule has 0 unspecified atom stereocenters. The van der Waals surface area contributed by atoms with Gasteiger partial charge in [0.25, 0.3) is 0 Å². The summed E-state index contributed by atoms with van der Waals surface area (Å²) in [5, 5.41) is 5.96. The molecule has 0 aliphatic carbocycles. The number of para-hydroxylation sites is 1. The molecular weight excluding hydrogens is 273 g/mol. The van der Waals surface area contributed by atoms with Crippen molar-refractivity contribution in [2.24, 2.45) is 0 Å². The van der Waals surface area contributed by atoms with Crippen LogP contribution in [0.25, 0.3) is 0 Å². The van der Waals surface area contributed by atoms with Gasteiger partial charge in [0.15, 0.2) is 5.82 Å². The molecule has 0 aliphatic heterocycles. The zero-order valence-electron chi connectivity index (χ0n) is 9.15. The van der Waals surface area contributed by atoms with Crippen LogP contribution in [-0.4, -0.2) is 11.0 Å². The highest BCUT2D eigenvalue weighted by Crippen LogP contribution is 2.21. The number of amides is 2. The number of halogens is 2. The van der Waals surface area contributed by atoms with E-state index in [0.29, 0.717) is 21.6 Å². The first-order valence-corrected chi connectivity index (χ1v) is 5.85. The molecule has 6 heteroatoms. The molecule has 4 nitrogen and oxygen atoms in total. The Morgan fingerprint density at radius 2 is 1.72 bits per heavy atom. The molecule has 92 valence electrons. The molecule has 1 heterocycles. The normalized spacial score (nSPS) is 9.89. The smallest absolute Gasteiger partial charge is 0.306 e. The quantitative estimate of drug-likeness (QED) is 0.873. The van der Waals surface area contributed by atoms with E-state index in [0.717, 1.165) is 0 Å². The van der Waals surface area contributed by atoms with Crippen LogP contribution in [0.2, 0.25) is 10.0 Å². The van der Waals surface area contributed by atoms with Gasteiger partial charge in [-0.05, 0) is 24.3 Å². The molecule has 0 saturated heterocycles. The number of urea groups is 1. The van der Waals surface area contributed by atoms with Crippen LogP contribution in [0.5, 0.6) is 0 Å². The Balaban J connectivity index is 2.06. The number of nitrogens with one attached hydrogen (secondary N) is 2. The molecule has 0 atom stereocenters. The SMILES string of the molecule is O=C(Nc1ccccc1Cl)Nc1ncccc1Cl. The summed E-state index contributed by atoms with van der Waals surface area (Å²) in [6.07, 6.45) is 1.54. The number of hydrogen-bond donors (Lipinski definition) is 2. The van der Waals surface area contributed by atoms with Crippen molar-refractivity contribution in [2.45, 2.75) is 0 Å². The van der Waals surface area contributed by atoms with Gasteiger partial charge < -0.3 is 5.32 Å². The summed E-state index contributed by atoms with van der Waals surface area (Å²) < 4.78 is 0. The lowest BCUT2D eigenvalue weighted by atomic mass is 10.3. The van der Waals surface area contributed by atoms with Gasteiger partial charge in [-0.3, -0.25) is 5.32 Å². The number of benzene rings is 1. The fraction of sp³-hybridized carbons (Fsp3) is 0. The lowest BCUT2D eigenvalue weighted by Crippen LogP contribution is -2.20. The van der Waals surface area contributed by atoms with Crippen LogP contribution in [0.15, 0.2) is 42.6 Å². The van der Waals surface area contributed by atoms with Crippen LogP contribution in [0, 0.1) is 0 Å². The van der Waals surface area contributed by atoms with Crippen molar-refractivity contribution < 1.29 is 4.79 Å². The molecule has 0 spiro atoms. The van der Waals surface area contributed by atoms with Crippen molar-refractivity contribution >= 4 is 40.7 Å². The standard InChI is InChI=1S/C12H9Cl2N3O/c13-8-4-1-2-6-10(8)16-12(18)17-11-9(14)5-3-7-15-11/h1-7H,(H2,15,16,17,18). The van der Waals surface area contributed by atoms with Gasteiger partial charge in [-0.2, -0.15) is 0 Å².